The van der Waals surface area contributed by atoms with E-state index in [-0.39, 0.29) is 11.7 Å². The molecule has 2 rings (SSSR count). The SMILES string of the molecule is COc1cc2cn[nH]c(=O)c2c(NCC/C=C\CP(O)O)n1. The molecule has 4 N–H and O–H groups in total. The maximum absolute atomic E-state index is 11.9. The average molecular weight is 324 g/mol. The molecule has 0 fully saturated rings. The summed E-state index contributed by atoms with van der Waals surface area (Å²) in [6.07, 6.45) is 5.99. The summed E-state index contributed by atoms with van der Waals surface area (Å²) in [6, 6.07) is 1.65. The van der Waals surface area contributed by atoms with E-state index in [2.05, 4.69) is 20.5 Å². The van der Waals surface area contributed by atoms with Gasteiger partial charge in [-0.15, -0.1) is 0 Å². The highest BCUT2D eigenvalue weighted by molar-refractivity contribution is 7.45. The van der Waals surface area contributed by atoms with Gasteiger partial charge in [0.25, 0.3) is 5.56 Å². The van der Waals surface area contributed by atoms with Crippen LogP contribution >= 0.6 is 8.38 Å². The number of fused-ring (bicyclic) bond motifs is 1. The Hall–Kier alpha value is -2.02. The fourth-order valence-electron chi connectivity index (χ4n) is 1.89. The van der Waals surface area contributed by atoms with Crippen molar-refractivity contribution in [3.8, 4) is 5.88 Å². The number of aromatic amines is 1. The summed E-state index contributed by atoms with van der Waals surface area (Å²) in [5, 5.41) is 10.3. The zero-order valence-corrected chi connectivity index (χ0v) is 12.9. The molecule has 8 nitrogen and oxygen atoms in total. The fraction of sp³-hybridized carbons (Fsp3) is 0.308. The second-order valence-electron chi connectivity index (χ2n) is 4.42. The minimum absolute atomic E-state index is 0.251. The van der Waals surface area contributed by atoms with Gasteiger partial charge in [-0.05, 0) is 6.42 Å². The Kier molecular flexibility index (Phi) is 5.83. The van der Waals surface area contributed by atoms with Gasteiger partial charge in [-0.25, -0.2) is 5.10 Å². The number of pyridine rings is 1. The van der Waals surface area contributed by atoms with Crippen LogP contribution < -0.4 is 15.6 Å². The number of H-pyrrole nitrogens is 1. The highest BCUT2D eigenvalue weighted by Crippen LogP contribution is 2.23. The van der Waals surface area contributed by atoms with Crippen molar-refractivity contribution in [3.63, 3.8) is 0 Å². The Bertz CT molecular complexity index is 717. The predicted octanol–water partition coefficient (Wildman–Crippen LogP) is 0.981. The Morgan fingerprint density at radius 3 is 3.00 bits per heavy atom. The number of hydrogen-bond donors (Lipinski definition) is 4. The van der Waals surface area contributed by atoms with E-state index in [9.17, 15) is 4.79 Å². The topological polar surface area (TPSA) is 120 Å². The van der Waals surface area contributed by atoms with Crippen LogP contribution in [0.3, 0.4) is 0 Å². The molecule has 0 aliphatic carbocycles. The van der Waals surface area contributed by atoms with Gasteiger partial charge in [-0.1, -0.05) is 12.2 Å². The molecule has 9 heteroatoms. The third-order valence-corrected chi connectivity index (χ3v) is 3.41. The zero-order chi connectivity index (χ0) is 15.9. The maximum atomic E-state index is 11.9. The molecule has 0 atom stereocenters. The van der Waals surface area contributed by atoms with E-state index < -0.39 is 8.38 Å². The van der Waals surface area contributed by atoms with Crippen molar-refractivity contribution in [2.75, 3.05) is 25.1 Å². The molecule has 22 heavy (non-hydrogen) atoms. The first kappa shape index (κ1) is 16.4. The summed E-state index contributed by atoms with van der Waals surface area (Å²) in [6.45, 7) is 0.544. The first-order valence-electron chi connectivity index (χ1n) is 6.58. The van der Waals surface area contributed by atoms with Gasteiger partial charge in [0.05, 0.1) is 18.7 Å². The van der Waals surface area contributed by atoms with E-state index >= 15 is 0 Å². The Labute approximate surface area is 127 Å². The largest absolute Gasteiger partial charge is 0.481 e. The molecule has 0 amide bonds. The van der Waals surface area contributed by atoms with Crippen LogP contribution in [-0.4, -0.2) is 44.8 Å². The number of rotatable bonds is 7. The van der Waals surface area contributed by atoms with E-state index in [0.29, 0.717) is 35.4 Å². The highest BCUT2D eigenvalue weighted by atomic mass is 31.2. The Morgan fingerprint density at radius 2 is 2.27 bits per heavy atom. The Morgan fingerprint density at radius 1 is 1.45 bits per heavy atom. The molecule has 0 aliphatic rings. The van der Waals surface area contributed by atoms with Gasteiger partial charge in [0, 0.05) is 24.2 Å². The molecular formula is C13H17N4O4P. The summed E-state index contributed by atoms with van der Waals surface area (Å²) < 4.78 is 5.12. The maximum Gasteiger partial charge on any atom is 0.275 e. The number of hydrogen-bond acceptors (Lipinski definition) is 7. The molecule has 0 saturated carbocycles. The first-order chi connectivity index (χ1) is 10.6. The number of allylic oxidation sites excluding steroid dienone is 1. The van der Waals surface area contributed by atoms with Crippen LogP contribution in [0.5, 0.6) is 5.88 Å². The van der Waals surface area contributed by atoms with E-state index in [0.717, 1.165) is 0 Å². The van der Waals surface area contributed by atoms with Crippen LogP contribution in [0.25, 0.3) is 10.8 Å². The third kappa shape index (κ3) is 4.24. The van der Waals surface area contributed by atoms with E-state index in [1.807, 2.05) is 6.08 Å². The van der Waals surface area contributed by atoms with E-state index in [4.69, 9.17) is 14.5 Å². The smallest absolute Gasteiger partial charge is 0.275 e. The van der Waals surface area contributed by atoms with Gasteiger partial charge in [0.1, 0.15) is 5.82 Å². The summed E-state index contributed by atoms with van der Waals surface area (Å²) >= 11 is 0. The molecule has 0 saturated heterocycles. The van der Waals surface area contributed by atoms with Gasteiger partial charge in [-0.2, -0.15) is 10.1 Å². The second-order valence-corrected chi connectivity index (χ2v) is 5.53. The number of nitrogens with one attached hydrogen (secondary N) is 2. The van der Waals surface area contributed by atoms with Crippen molar-refractivity contribution < 1.29 is 14.5 Å². The van der Waals surface area contributed by atoms with Crippen LogP contribution in [0.15, 0.2) is 29.2 Å². The lowest BCUT2D eigenvalue weighted by atomic mass is 10.2. The quantitative estimate of drug-likeness (QED) is 0.340. The van der Waals surface area contributed by atoms with Crippen molar-refractivity contribution >= 4 is 25.0 Å². The number of ether oxygens (including phenoxy) is 1. The minimum Gasteiger partial charge on any atom is -0.481 e. The van der Waals surface area contributed by atoms with Crippen molar-refractivity contribution in [2.24, 2.45) is 0 Å². The predicted molar refractivity (Wildman–Crippen MR) is 85.2 cm³/mol. The Balaban J connectivity index is 2.13. The summed E-state index contributed by atoms with van der Waals surface area (Å²) in [4.78, 5) is 33.7. The summed E-state index contributed by atoms with van der Waals surface area (Å²) in [5.41, 5.74) is -0.322. The number of anilines is 1. The zero-order valence-electron chi connectivity index (χ0n) is 12.0. The molecular weight excluding hydrogens is 307 g/mol. The fourth-order valence-corrected chi connectivity index (χ4v) is 2.23. The standard InChI is InChI=1S/C13H17N4O4P/c1-21-10-7-9-8-15-17-13(18)11(9)12(16-10)14-5-3-2-4-6-22(19)20/h2,4,7-8,19-20H,3,5-6H2,1H3,(H,14,16)(H,17,18)/b4-2-. The third-order valence-electron chi connectivity index (χ3n) is 2.87. The first-order valence-corrected chi connectivity index (χ1v) is 8.01. The van der Waals surface area contributed by atoms with Crippen LogP contribution in [0, 0.1) is 0 Å². The van der Waals surface area contributed by atoms with Crippen LogP contribution in [0.2, 0.25) is 0 Å². The van der Waals surface area contributed by atoms with Crippen molar-refractivity contribution in [1.82, 2.24) is 15.2 Å². The molecule has 0 aliphatic heterocycles. The highest BCUT2D eigenvalue weighted by Gasteiger charge is 2.09. The lowest BCUT2D eigenvalue weighted by molar-refractivity contribution is 0.399. The van der Waals surface area contributed by atoms with Crippen molar-refractivity contribution in [1.29, 1.82) is 0 Å². The normalized spacial score (nSPS) is 11.5. The van der Waals surface area contributed by atoms with Crippen molar-refractivity contribution in [2.45, 2.75) is 6.42 Å². The number of nitrogens with zero attached hydrogens (tertiary/aromatic N) is 2. The van der Waals surface area contributed by atoms with Crippen molar-refractivity contribution in [3.05, 3.63) is 34.8 Å². The van der Waals surface area contributed by atoms with Gasteiger partial charge < -0.3 is 19.8 Å². The molecule has 2 aromatic rings. The molecule has 0 unspecified atom stereocenters. The van der Waals surface area contributed by atoms with Crippen LogP contribution in [0.4, 0.5) is 5.82 Å². The molecule has 2 aromatic heterocycles. The summed E-state index contributed by atoms with van der Waals surface area (Å²) in [5.74, 6) is 0.821. The monoisotopic (exact) mass is 324 g/mol. The molecule has 2 heterocycles. The summed E-state index contributed by atoms with van der Waals surface area (Å²) in [7, 11) is -0.385. The van der Waals surface area contributed by atoms with Crippen LogP contribution in [0.1, 0.15) is 6.42 Å². The molecule has 0 aromatic carbocycles. The average Bonchev–Trinajstić information content (AvgIpc) is 2.50. The molecule has 0 bridgehead atoms. The lowest BCUT2D eigenvalue weighted by Crippen LogP contribution is -2.13. The van der Waals surface area contributed by atoms with Gasteiger partial charge >= 0.3 is 0 Å². The lowest BCUT2D eigenvalue weighted by Gasteiger charge is -2.09. The van der Waals surface area contributed by atoms with Gasteiger partial charge in [0.15, 0.2) is 8.38 Å². The van der Waals surface area contributed by atoms with Gasteiger partial charge in [-0.3, -0.25) is 4.79 Å². The minimum atomic E-state index is -1.89. The van der Waals surface area contributed by atoms with Gasteiger partial charge in [0.2, 0.25) is 5.88 Å². The van der Waals surface area contributed by atoms with Crippen LogP contribution in [-0.2, 0) is 0 Å². The van der Waals surface area contributed by atoms with E-state index in [1.54, 1.807) is 12.1 Å². The molecule has 118 valence electrons. The number of aromatic nitrogens is 3. The van der Waals surface area contributed by atoms with E-state index in [1.165, 1.54) is 13.3 Å². The molecule has 0 radical (unpaired) electrons. The second kappa shape index (κ2) is 7.84. The number of methoxy groups -OCH3 is 1. The molecule has 0 spiro atoms.